The second-order valence-electron chi connectivity index (χ2n) is 16.7. The van der Waals surface area contributed by atoms with E-state index in [0.29, 0.717) is 25.8 Å². The molecule has 0 saturated carbocycles. The number of Topliss-reactive ketones (excluding diaryl/α,β-unsaturated/α-hetero) is 2. The number of ketones is 2. The number of amides is 1. The van der Waals surface area contributed by atoms with Crippen LogP contribution in [0.1, 0.15) is 86.1 Å². The van der Waals surface area contributed by atoms with Gasteiger partial charge in [-0.2, -0.15) is 0 Å². The number of fused-ring (bicyclic) bond motifs is 2. The van der Waals surface area contributed by atoms with Gasteiger partial charge in [-0.1, -0.05) is 45.9 Å². The first kappa shape index (κ1) is 43.6. The highest BCUT2D eigenvalue weighted by Crippen LogP contribution is 2.39. The summed E-state index contributed by atoms with van der Waals surface area (Å²) >= 11 is 0. The van der Waals surface area contributed by atoms with Crippen LogP contribution < -0.4 is 0 Å². The van der Waals surface area contributed by atoms with Crippen molar-refractivity contribution in [2.24, 2.45) is 23.7 Å². The molecule has 0 radical (unpaired) electrons. The normalized spacial score (nSPS) is 36.3. The van der Waals surface area contributed by atoms with Crippen LogP contribution in [0.15, 0.2) is 36.5 Å². The average molecular weight is 782 g/mol. The number of esters is 1. The van der Waals surface area contributed by atoms with Gasteiger partial charge in [0.05, 0.1) is 29.4 Å². The van der Waals surface area contributed by atoms with Gasteiger partial charge < -0.3 is 38.6 Å². The molecule has 1 aromatic carbocycles. The summed E-state index contributed by atoms with van der Waals surface area (Å²) in [5.41, 5.74) is 0.848. The number of ether oxygens (including phenoxy) is 5. The maximum absolute atomic E-state index is 14.6. The van der Waals surface area contributed by atoms with Crippen LogP contribution in [0.25, 0.3) is 10.9 Å². The Hall–Kier alpha value is -3.49. The van der Waals surface area contributed by atoms with E-state index in [1.807, 2.05) is 70.2 Å². The number of aliphatic hydroxyl groups is 1. The smallest absolute Gasteiger partial charge is 0.410 e. The zero-order valence-electron chi connectivity index (χ0n) is 34.8. The largest absolute Gasteiger partial charge is 0.458 e. The lowest BCUT2D eigenvalue weighted by molar-refractivity contribution is -0.295. The van der Waals surface area contributed by atoms with Crippen molar-refractivity contribution in [2.45, 2.75) is 141 Å². The SMILES string of the molecule is CC[C@H]1OC(=O)[C@H](C)C(=O)[C@H](C)[C@@H](OC2O[C@H](C)C[C@H](N(C)C)[C@H]2O)[C@@](C)(OC)C[C@@H](C)C(=O)[C@H](C)[C@@H]2[C@@H]1OC(=O)N2CCCCc1ccnc2ccccc12. The number of rotatable bonds is 10. The zero-order valence-corrected chi connectivity index (χ0v) is 34.8. The Morgan fingerprint density at radius 2 is 1.70 bits per heavy atom. The topological polar surface area (TPSA) is 154 Å². The molecule has 0 bridgehead atoms. The lowest BCUT2D eigenvalue weighted by Crippen LogP contribution is -2.59. The second kappa shape index (κ2) is 18.4. The molecule has 1 aromatic heterocycles. The summed E-state index contributed by atoms with van der Waals surface area (Å²) in [5, 5.41) is 12.5. The summed E-state index contributed by atoms with van der Waals surface area (Å²) in [6, 6.07) is 9.02. The van der Waals surface area contributed by atoms with Crippen molar-refractivity contribution in [1.82, 2.24) is 14.8 Å². The molecular formula is C43H63N3O10. The Balaban J connectivity index is 1.44. The van der Waals surface area contributed by atoms with Gasteiger partial charge in [0.15, 0.2) is 18.2 Å². The second-order valence-corrected chi connectivity index (χ2v) is 16.7. The monoisotopic (exact) mass is 781 g/mol. The molecule has 3 saturated heterocycles. The molecule has 0 spiro atoms. The van der Waals surface area contributed by atoms with Gasteiger partial charge in [-0.15, -0.1) is 0 Å². The van der Waals surface area contributed by atoms with Crippen LogP contribution in [0, 0.1) is 23.7 Å². The van der Waals surface area contributed by atoms with Crippen molar-refractivity contribution in [3.63, 3.8) is 0 Å². The number of hydrogen-bond acceptors (Lipinski definition) is 12. The van der Waals surface area contributed by atoms with Gasteiger partial charge in [0.25, 0.3) is 0 Å². The van der Waals surface area contributed by atoms with Crippen LogP contribution in [0.5, 0.6) is 0 Å². The number of carbonyl (C=O) groups excluding carboxylic acids is 4. The van der Waals surface area contributed by atoms with E-state index in [0.717, 1.165) is 23.7 Å². The number of carbonyl (C=O) groups is 4. The lowest BCUT2D eigenvalue weighted by Gasteiger charge is -2.47. The molecule has 310 valence electrons. The molecule has 13 nitrogen and oxygen atoms in total. The van der Waals surface area contributed by atoms with Crippen molar-refractivity contribution in [3.05, 3.63) is 42.1 Å². The molecule has 1 unspecified atom stereocenters. The third-order valence-corrected chi connectivity index (χ3v) is 12.5. The lowest BCUT2D eigenvalue weighted by atomic mass is 9.75. The molecule has 3 aliphatic heterocycles. The highest BCUT2D eigenvalue weighted by Gasteiger charge is 2.54. The number of cyclic esters (lactones) is 1. The third-order valence-electron chi connectivity index (χ3n) is 12.5. The fourth-order valence-electron chi connectivity index (χ4n) is 9.14. The zero-order chi connectivity index (χ0) is 41.1. The standard InChI is InChI=1S/C43H63N3O10/c1-11-33-38-34(46(42(51)55-38)21-15-14-16-29-19-20-44-31-18-13-12-17-30(29)31)26(4)35(47)24(2)23-43(7,52-10)39(27(5)36(48)28(6)40(50)54-33)56-41-37(49)32(45(8)9)22-25(3)53-41/h12-13,17-20,24-28,32-34,37-39,41,49H,11,14-16,21-23H2,1-10H3/t24-,25-,26-,27+,28-,32+,33-,34-,37-,38-,39-,41?,43+/m1/s1. The molecule has 1 amide bonds. The Labute approximate surface area is 331 Å². The molecule has 5 rings (SSSR count). The maximum atomic E-state index is 14.6. The predicted molar refractivity (Wildman–Crippen MR) is 210 cm³/mol. The quantitative estimate of drug-likeness (QED) is 0.187. The highest BCUT2D eigenvalue weighted by molar-refractivity contribution is 6.00. The number of para-hydroxylation sites is 1. The van der Waals surface area contributed by atoms with Gasteiger partial charge >= 0.3 is 12.1 Å². The molecule has 1 N–H and O–H groups in total. The van der Waals surface area contributed by atoms with E-state index in [2.05, 4.69) is 11.1 Å². The van der Waals surface area contributed by atoms with Gasteiger partial charge in [0, 0.05) is 49.0 Å². The molecule has 13 atom stereocenters. The summed E-state index contributed by atoms with van der Waals surface area (Å²) in [6.07, 6.45) is -0.783. The number of nitrogens with zero attached hydrogens (tertiary/aromatic N) is 3. The number of aromatic nitrogens is 1. The Bertz CT molecular complexity index is 1700. The number of unbranched alkanes of at least 4 members (excludes halogenated alkanes) is 1. The fraction of sp³-hybridized carbons (Fsp3) is 0.698. The minimum Gasteiger partial charge on any atom is -0.458 e. The first-order chi connectivity index (χ1) is 26.5. The maximum Gasteiger partial charge on any atom is 0.410 e. The summed E-state index contributed by atoms with van der Waals surface area (Å²) in [4.78, 5) is 64.3. The number of aliphatic hydroxyl groups excluding tert-OH is 1. The van der Waals surface area contributed by atoms with E-state index in [-0.39, 0.29) is 24.3 Å². The van der Waals surface area contributed by atoms with Crippen LogP contribution in [0.2, 0.25) is 0 Å². The predicted octanol–water partition coefficient (Wildman–Crippen LogP) is 5.37. The summed E-state index contributed by atoms with van der Waals surface area (Å²) in [7, 11) is 5.25. The van der Waals surface area contributed by atoms with Crippen molar-refractivity contribution in [3.8, 4) is 0 Å². The molecule has 2 aromatic rings. The summed E-state index contributed by atoms with van der Waals surface area (Å²) in [5.74, 6) is -4.80. The molecule has 56 heavy (non-hydrogen) atoms. The third kappa shape index (κ3) is 9.12. The van der Waals surface area contributed by atoms with Crippen LogP contribution in [-0.2, 0) is 44.5 Å². The Morgan fingerprint density at radius 3 is 2.38 bits per heavy atom. The van der Waals surface area contributed by atoms with E-state index < -0.39 is 83.9 Å². The van der Waals surface area contributed by atoms with Crippen molar-refractivity contribution in [2.75, 3.05) is 27.7 Å². The van der Waals surface area contributed by atoms with Crippen molar-refractivity contribution < 1.29 is 48.0 Å². The van der Waals surface area contributed by atoms with E-state index in [4.69, 9.17) is 23.7 Å². The number of aryl methyl sites for hydroxylation is 1. The minimum atomic E-state index is -1.25. The van der Waals surface area contributed by atoms with E-state index in [1.165, 1.54) is 19.6 Å². The van der Waals surface area contributed by atoms with Gasteiger partial charge in [-0.25, -0.2) is 4.79 Å². The first-order valence-corrected chi connectivity index (χ1v) is 20.3. The summed E-state index contributed by atoms with van der Waals surface area (Å²) in [6.45, 7) is 12.6. The van der Waals surface area contributed by atoms with Gasteiger partial charge in [-0.05, 0) is 91.1 Å². The van der Waals surface area contributed by atoms with Gasteiger partial charge in [0.2, 0.25) is 0 Å². The van der Waals surface area contributed by atoms with Crippen LogP contribution >= 0.6 is 0 Å². The average Bonchev–Trinajstić information content (AvgIpc) is 3.51. The number of likely N-dealkylation sites (N-methyl/N-ethyl adjacent to an activating group) is 1. The Morgan fingerprint density at radius 1 is 0.982 bits per heavy atom. The van der Waals surface area contributed by atoms with Crippen LogP contribution in [0.3, 0.4) is 0 Å². The molecule has 4 heterocycles. The number of pyridine rings is 1. The van der Waals surface area contributed by atoms with Crippen molar-refractivity contribution >= 4 is 34.5 Å². The molecule has 0 aliphatic carbocycles. The number of methoxy groups -OCH3 is 1. The van der Waals surface area contributed by atoms with Crippen LogP contribution in [0.4, 0.5) is 4.79 Å². The molecule has 3 fully saturated rings. The van der Waals surface area contributed by atoms with E-state index in [1.54, 1.807) is 25.7 Å². The molecular weight excluding hydrogens is 718 g/mol. The van der Waals surface area contributed by atoms with E-state index in [9.17, 15) is 24.3 Å². The number of benzene rings is 1. The van der Waals surface area contributed by atoms with E-state index >= 15 is 0 Å². The van der Waals surface area contributed by atoms with Gasteiger partial charge in [0.1, 0.15) is 23.9 Å². The van der Waals surface area contributed by atoms with Crippen LogP contribution in [-0.4, -0.2) is 126 Å². The van der Waals surface area contributed by atoms with Gasteiger partial charge in [-0.3, -0.25) is 19.4 Å². The Kier molecular flexibility index (Phi) is 14.3. The molecule has 13 heteroatoms. The highest BCUT2D eigenvalue weighted by atomic mass is 16.7. The number of hydrogen-bond donors (Lipinski definition) is 1. The summed E-state index contributed by atoms with van der Waals surface area (Å²) < 4.78 is 30.9. The minimum absolute atomic E-state index is 0.130. The van der Waals surface area contributed by atoms with Crippen molar-refractivity contribution in [1.29, 1.82) is 0 Å². The molecule has 3 aliphatic rings. The fourth-order valence-corrected chi connectivity index (χ4v) is 9.14. The first-order valence-electron chi connectivity index (χ1n) is 20.3.